The molecule has 6 heteroatoms. The zero-order valence-corrected chi connectivity index (χ0v) is 17.8. The smallest absolute Gasteiger partial charge is 0.309 e. The molecule has 0 radical (unpaired) electrons. The summed E-state index contributed by atoms with van der Waals surface area (Å²) in [6.45, 7) is 6.81. The number of esters is 1. The van der Waals surface area contributed by atoms with Crippen LogP contribution in [0.5, 0.6) is 0 Å². The van der Waals surface area contributed by atoms with E-state index in [0.29, 0.717) is 31.6 Å². The molecule has 0 aliphatic carbocycles. The Morgan fingerprint density at radius 2 is 1.67 bits per heavy atom. The molecule has 6 nitrogen and oxygen atoms in total. The summed E-state index contributed by atoms with van der Waals surface area (Å²) in [4.78, 5) is 41.8. The minimum Gasteiger partial charge on any atom is -0.460 e. The average Bonchev–Trinajstić information content (AvgIpc) is 3.00. The summed E-state index contributed by atoms with van der Waals surface area (Å²) in [7, 11) is 0. The van der Waals surface area contributed by atoms with Gasteiger partial charge in [-0.3, -0.25) is 19.3 Å². The van der Waals surface area contributed by atoms with Crippen molar-refractivity contribution in [2.24, 2.45) is 5.92 Å². The predicted molar refractivity (Wildman–Crippen MR) is 115 cm³/mol. The third kappa shape index (κ3) is 3.97. The Hall–Kier alpha value is -2.73. The van der Waals surface area contributed by atoms with E-state index in [2.05, 4.69) is 0 Å². The maximum Gasteiger partial charge on any atom is 0.309 e. The predicted octanol–water partition coefficient (Wildman–Crippen LogP) is 3.53. The van der Waals surface area contributed by atoms with Crippen LogP contribution >= 0.6 is 0 Å². The van der Waals surface area contributed by atoms with Crippen LogP contribution in [-0.2, 0) is 19.1 Å². The van der Waals surface area contributed by atoms with Crippen molar-refractivity contribution in [2.45, 2.75) is 51.7 Å². The number of carbonyl (C=O) groups excluding carboxylic acids is 3. The van der Waals surface area contributed by atoms with Crippen molar-refractivity contribution >= 4 is 34.2 Å². The van der Waals surface area contributed by atoms with Gasteiger partial charge in [-0.25, -0.2) is 4.90 Å². The highest BCUT2D eigenvalue weighted by molar-refractivity contribution is 6.25. The number of nitrogens with zero attached hydrogens (tertiary/aromatic N) is 2. The lowest BCUT2D eigenvalue weighted by Crippen LogP contribution is -2.47. The van der Waals surface area contributed by atoms with Gasteiger partial charge in [0.25, 0.3) is 5.91 Å². The molecular weight excluding hydrogens is 380 g/mol. The standard InChI is InChI=1S/C24H28N2O4/c1-24(2,3)30-23(29)17-11-13-25(14-12-17)20-15-21(27)26(22(20)28)19-10-6-8-16-7-4-5-9-18(16)19/h4-10,17,20H,11-15H2,1-3H3. The molecule has 2 aromatic carbocycles. The quantitative estimate of drug-likeness (QED) is 0.574. The molecule has 0 N–H and O–H groups in total. The number of rotatable bonds is 3. The zero-order chi connectivity index (χ0) is 21.5. The van der Waals surface area contributed by atoms with Crippen LogP contribution in [0.1, 0.15) is 40.0 Å². The number of piperidine rings is 1. The monoisotopic (exact) mass is 408 g/mol. The molecular formula is C24H28N2O4. The fourth-order valence-electron chi connectivity index (χ4n) is 4.39. The number of carbonyl (C=O) groups is 3. The summed E-state index contributed by atoms with van der Waals surface area (Å²) < 4.78 is 5.51. The molecule has 158 valence electrons. The van der Waals surface area contributed by atoms with E-state index in [0.717, 1.165) is 10.8 Å². The van der Waals surface area contributed by atoms with Gasteiger partial charge in [0, 0.05) is 5.39 Å². The Morgan fingerprint density at radius 3 is 2.37 bits per heavy atom. The van der Waals surface area contributed by atoms with E-state index in [1.807, 2.05) is 68.1 Å². The zero-order valence-electron chi connectivity index (χ0n) is 17.8. The van der Waals surface area contributed by atoms with E-state index in [1.165, 1.54) is 4.90 Å². The molecule has 0 spiro atoms. The second-order valence-electron chi connectivity index (χ2n) is 9.13. The summed E-state index contributed by atoms with van der Waals surface area (Å²) in [6, 6.07) is 13.0. The summed E-state index contributed by atoms with van der Waals surface area (Å²) in [5.74, 6) is -0.669. The van der Waals surface area contributed by atoms with Crippen molar-refractivity contribution < 1.29 is 19.1 Å². The number of fused-ring (bicyclic) bond motifs is 1. The number of hydrogen-bond donors (Lipinski definition) is 0. The number of anilines is 1. The molecule has 2 saturated heterocycles. The van der Waals surface area contributed by atoms with Crippen LogP contribution in [-0.4, -0.2) is 47.4 Å². The fourth-order valence-corrected chi connectivity index (χ4v) is 4.39. The summed E-state index contributed by atoms with van der Waals surface area (Å²) in [6.07, 6.45) is 1.46. The molecule has 2 aliphatic rings. The molecule has 4 rings (SSSR count). The molecule has 2 heterocycles. The lowest BCUT2D eigenvalue weighted by molar-refractivity contribution is -0.161. The normalized spacial score (nSPS) is 21.4. The van der Waals surface area contributed by atoms with Crippen LogP contribution in [0.15, 0.2) is 42.5 Å². The fraction of sp³-hybridized carbons (Fsp3) is 0.458. The molecule has 0 saturated carbocycles. The topological polar surface area (TPSA) is 66.9 Å². The minimum absolute atomic E-state index is 0.151. The number of imide groups is 1. The SMILES string of the molecule is CC(C)(C)OC(=O)C1CCN(C2CC(=O)N(c3cccc4ccccc34)C2=O)CC1. The Balaban J connectivity index is 1.47. The summed E-state index contributed by atoms with van der Waals surface area (Å²) >= 11 is 0. The lowest BCUT2D eigenvalue weighted by Gasteiger charge is -2.34. The van der Waals surface area contributed by atoms with E-state index in [4.69, 9.17) is 4.74 Å². The first-order chi connectivity index (χ1) is 14.2. The Morgan fingerprint density at radius 1 is 1.00 bits per heavy atom. The first-order valence-electron chi connectivity index (χ1n) is 10.6. The Kier molecular flexibility index (Phi) is 5.36. The number of likely N-dealkylation sites (tertiary alicyclic amines) is 1. The largest absolute Gasteiger partial charge is 0.460 e. The van der Waals surface area contributed by atoms with Crippen molar-refractivity contribution in [3.05, 3.63) is 42.5 Å². The molecule has 2 aliphatic heterocycles. The second kappa shape index (κ2) is 7.84. The Labute approximate surface area is 176 Å². The molecule has 2 amide bonds. The molecule has 1 unspecified atom stereocenters. The van der Waals surface area contributed by atoms with Crippen LogP contribution in [0.2, 0.25) is 0 Å². The van der Waals surface area contributed by atoms with E-state index in [1.54, 1.807) is 0 Å². The van der Waals surface area contributed by atoms with E-state index in [9.17, 15) is 14.4 Å². The molecule has 1 atom stereocenters. The van der Waals surface area contributed by atoms with Gasteiger partial charge in [0.1, 0.15) is 5.60 Å². The van der Waals surface area contributed by atoms with Gasteiger partial charge < -0.3 is 4.74 Å². The van der Waals surface area contributed by atoms with Crippen molar-refractivity contribution in [1.82, 2.24) is 4.90 Å². The van der Waals surface area contributed by atoms with Gasteiger partial charge in [0.15, 0.2) is 0 Å². The van der Waals surface area contributed by atoms with Crippen LogP contribution in [0.25, 0.3) is 10.8 Å². The van der Waals surface area contributed by atoms with Gasteiger partial charge in [0.05, 0.1) is 24.1 Å². The van der Waals surface area contributed by atoms with Gasteiger partial charge in [-0.1, -0.05) is 36.4 Å². The van der Waals surface area contributed by atoms with Gasteiger partial charge in [0.2, 0.25) is 5.91 Å². The van der Waals surface area contributed by atoms with Crippen molar-refractivity contribution in [3.63, 3.8) is 0 Å². The van der Waals surface area contributed by atoms with Crippen molar-refractivity contribution in [1.29, 1.82) is 0 Å². The van der Waals surface area contributed by atoms with Crippen LogP contribution in [0.3, 0.4) is 0 Å². The van der Waals surface area contributed by atoms with Crippen LogP contribution in [0.4, 0.5) is 5.69 Å². The molecule has 30 heavy (non-hydrogen) atoms. The third-order valence-corrected chi connectivity index (χ3v) is 5.84. The van der Waals surface area contributed by atoms with E-state index in [-0.39, 0.29) is 30.1 Å². The summed E-state index contributed by atoms with van der Waals surface area (Å²) in [5, 5.41) is 1.89. The first-order valence-corrected chi connectivity index (χ1v) is 10.6. The number of amides is 2. The average molecular weight is 408 g/mol. The van der Waals surface area contributed by atoms with Gasteiger partial charge in [-0.15, -0.1) is 0 Å². The van der Waals surface area contributed by atoms with Gasteiger partial charge >= 0.3 is 5.97 Å². The van der Waals surface area contributed by atoms with Crippen molar-refractivity contribution in [2.75, 3.05) is 18.0 Å². The lowest BCUT2D eigenvalue weighted by atomic mass is 9.95. The third-order valence-electron chi connectivity index (χ3n) is 5.84. The van der Waals surface area contributed by atoms with E-state index < -0.39 is 11.6 Å². The second-order valence-corrected chi connectivity index (χ2v) is 9.13. The minimum atomic E-state index is -0.499. The number of benzene rings is 2. The first kappa shape index (κ1) is 20.5. The molecule has 2 aromatic rings. The molecule has 0 bridgehead atoms. The maximum atomic E-state index is 13.2. The number of hydrogen-bond acceptors (Lipinski definition) is 5. The Bertz CT molecular complexity index is 981. The highest BCUT2D eigenvalue weighted by atomic mass is 16.6. The molecule has 0 aromatic heterocycles. The summed E-state index contributed by atoms with van der Waals surface area (Å²) in [5.41, 5.74) is 0.148. The van der Waals surface area contributed by atoms with Gasteiger partial charge in [-0.2, -0.15) is 0 Å². The van der Waals surface area contributed by atoms with Crippen LogP contribution in [0, 0.1) is 5.92 Å². The highest BCUT2D eigenvalue weighted by Crippen LogP contribution is 2.33. The highest BCUT2D eigenvalue weighted by Gasteiger charge is 2.44. The van der Waals surface area contributed by atoms with Crippen LogP contribution < -0.4 is 4.90 Å². The van der Waals surface area contributed by atoms with Crippen molar-refractivity contribution in [3.8, 4) is 0 Å². The number of ether oxygens (including phenoxy) is 1. The molecule has 2 fully saturated rings. The van der Waals surface area contributed by atoms with Gasteiger partial charge in [-0.05, 0) is 58.2 Å². The van der Waals surface area contributed by atoms with E-state index >= 15 is 0 Å². The maximum absolute atomic E-state index is 13.2.